The van der Waals surface area contributed by atoms with Crippen LogP contribution in [-0.2, 0) is 6.54 Å². The lowest BCUT2D eigenvalue weighted by atomic mass is 10.0. The number of nitro groups is 1. The number of rotatable bonds is 4. The molecule has 0 amide bonds. The Balaban J connectivity index is 1.96. The minimum absolute atomic E-state index is 0.118. The molecule has 4 heteroatoms. The number of hydrogen-bond donors (Lipinski definition) is 0. The lowest BCUT2D eigenvalue weighted by Gasteiger charge is -2.08. The fourth-order valence-corrected chi connectivity index (χ4v) is 2.95. The summed E-state index contributed by atoms with van der Waals surface area (Å²) in [6.45, 7) is 4.98. The molecule has 3 rings (SSSR count). The smallest absolute Gasteiger partial charge is 0.269 e. The normalized spacial score (nSPS) is 10.7. The van der Waals surface area contributed by atoms with E-state index in [9.17, 15) is 10.1 Å². The highest BCUT2D eigenvalue weighted by atomic mass is 16.6. The maximum atomic E-state index is 10.8. The molecule has 1 aromatic heterocycles. The third-order valence-corrected chi connectivity index (χ3v) is 4.10. The molecule has 23 heavy (non-hydrogen) atoms. The first-order valence-electron chi connectivity index (χ1n) is 7.51. The second-order valence-electron chi connectivity index (χ2n) is 5.69. The van der Waals surface area contributed by atoms with Gasteiger partial charge in [-0.3, -0.25) is 10.1 Å². The molecule has 0 atom stereocenters. The Labute approximate surface area is 135 Å². The molecule has 0 aliphatic rings. The van der Waals surface area contributed by atoms with Crippen molar-refractivity contribution in [2.24, 2.45) is 0 Å². The molecule has 0 spiro atoms. The first-order chi connectivity index (χ1) is 11.1. The van der Waals surface area contributed by atoms with Gasteiger partial charge in [-0.25, -0.2) is 0 Å². The highest BCUT2D eigenvalue weighted by Gasteiger charge is 2.13. The summed E-state index contributed by atoms with van der Waals surface area (Å²) >= 11 is 0. The number of aromatic nitrogens is 1. The van der Waals surface area contributed by atoms with Crippen molar-refractivity contribution in [1.82, 2.24) is 4.57 Å². The van der Waals surface area contributed by atoms with Crippen LogP contribution in [0.5, 0.6) is 0 Å². The lowest BCUT2D eigenvalue weighted by molar-refractivity contribution is -0.384. The Hall–Kier alpha value is -2.88. The number of benzene rings is 2. The molecule has 0 fully saturated rings. The summed E-state index contributed by atoms with van der Waals surface area (Å²) in [6.07, 6.45) is 2.14. The summed E-state index contributed by atoms with van der Waals surface area (Å²) in [6, 6.07) is 17.1. The van der Waals surface area contributed by atoms with E-state index in [1.165, 1.54) is 16.8 Å². The first kappa shape index (κ1) is 15.0. The summed E-state index contributed by atoms with van der Waals surface area (Å²) in [4.78, 5) is 10.4. The third kappa shape index (κ3) is 3.01. The van der Waals surface area contributed by atoms with Crippen LogP contribution in [0.1, 0.15) is 16.8 Å². The van der Waals surface area contributed by atoms with Gasteiger partial charge in [-0.05, 0) is 42.7 Å². The topological polar surface area (TPSA) is 48.1 Å². The predicted octanol–water partition coefficient (Wildman–Crippen LogP) is 4.73. The molecule has 0 bridgehead atoms. The van der Waals surface area contributed by atoms with Crippen molar-refractivity contribution in [2.45, 2.75) is 20.4 Å². The number of hydrogen-bond acceptors (Lipinski definition) is 2. The molecule has 116 valence electrons. The van der Waals surface area contributed by atoms with E-state index in [1.54, 1.807) is 12.1 Å². The number of non-ortho nitro benzene ring substituents is 1. The Bertz CT molecular complexity index is 834. The zero-order valence-corrected chi connectivity index (χ0v) is 13.2. The standard InChI is InChI=1S/C19H18N2O2/c1-14-12-20(13-16-6-4-3-5-7-16)15(2)19(14)17-8-10-18(11-9-17)21(22)23/h3-12H,13H2,1-2H3. The Morgan fingerprint density at radius 2 is 1.65 bits per heavy atom. The summed E-state index contributed by atoms with van der Waals surface area (Å²) < 4.78 is 2.22. The van der Waals surface area contributed by atoms with Crippen molar-refractivity contribution < 1.29 is 4.92 Å². The van der Waals surface area contributed by atoms with Crippen molar-refractivity contribution in [3.8, 4) is 11.1 Å². The molecule has 4 nitrogen and oxygen atoms in total. The first-order valence-corrected chi connectivity index (χ1v) is 7.51. The van der Waals surface area contributed by atoms with E-state index in [2.05, 4.69) is 36.7 Å². The average Bonchev–Trinajstić information content (AvgIpc) is 2.82. The van der Waals surface area contributed by atoms with Gasteiger partial charge in [-0.2, -0.15) is 0 Å². The number of aryl methyl sites for hydroxylation is 1. The van der Waals surface area contributed by atoms with Crippen LogP contribution in [0.25, 0.3) is 11.1 Å². The van der Waals surface area contributed by atoms with Crippen molar-refractivity contribution in [3.05, 3.63) is 87.7 Å². The van der Waals surface area contributed by atoms with Crippen LogP contribution in [0.2, 0.25) is 0 Å². The van der Waals surface area contributed by atoms with E-state index >= 15 is 0 Å². The van der Waals surface area contributed by atoms with Crippen LogP contribution in [-0.4, -0.2) is 9.49 Å². The largest absolute Gasteiger partial charge is 0.346 e. The van der Waals surface area contributed by atoms with Gasteiger partial charge in [-0.15, -0.1) is 0 Å². The van der Waals surface area contributed by atoms with Crippen LogP contribution in [0.4, 0.5) is 5.69 Å². The van der Waals surface area contributed by atoms with E-state index in [4.69, 9.17) is 0 Å². The molecular weight excluding hydrogens is 288 g/mol. The summed E-state index contributed by atoms with van der Waals surface area (Å²) in [5.74, 6) is 0. The molecule has 0 saturated heterocycles. The van der Waals surface area contributed by atoms with Gasteiger partial charge < -0.3 is 4.57 Å². The summed E-state index contributed by atoms with van der Waals surface area (Å²) in [5.41, 5.74) is 5.87. The van der Waals surface area contributed by atoms with Gasteiger partial charge in [0.25, 0.3) is 5.69 Å². The van der Waals surface area contributed by atoms with Crippen LogP contribution in [0.3, 0.4) is 0 Å². The maximum absolute atomic E-state index is 10.8. The zero-order valence-electron chi connectivity index (χ0n) is 13.2. The van der Waals surface area contributed by atoms with E-state index in [0.29, 0.717) is 0 Å². The fraction of sp³-hybridized carbons (Fsp3) is 0.158. The Kier molecular flexibility index (Phi) is 3.98. The molecule has 0 saturated carbocycles. The van der Waals surface area contributed by atoms with Gasteiger partial charge in [0.05, 0.1) is 4.92 Å². The van der Waals surface area contributed by atoms with Crippen LogP contribution < -0.4 is 0 Å². The van der Waals surface area contributed by atoms with Crippen molar-refractivity contribution >= 4 is 5.69 Å². The van der Waals surface area contributed by atoms with Gasteiger partial charge in [0.2, 0.25) is 0 Å². The Morgan fingerprint density at radius 3 is 2.26 bits per heavy atom. The highest BCUT2D eigenvalue weighted by Crippen LogP contribution is 2.30. The van der Waals surface area contributed by atoms with Gasteiger partial charge in [0.1, 0.15) is 0 Å². The summed E-state index contributed by atoms with van der Waals surface area (Å²) in [5, 5.41) is 10.8. The van der Waals surface area contributed by atoms with E-state index in [1.807, 2.05) is 30.3 Å². The van der Waals surface area contributed by atoms with Gasteiger partial charge >= 0.3 is 0 Å². The number of nitro benzene ring substituents is 1. The highest BCUT2D eigenvalue weighted by molar-refractivity contribution is 5.71. The van der Waals surface area contributed by atoms with E-state index < -0.39 is 0 Å². The molecule has 0 radical (unpaired) electrons. The molecular formula is C19H18N2O2. The third-order valence-electron chi connectivity index (χ3n) is 4.10. The molecule has 0 unspecified atom stereocenters. The molecule has 0 aliphatic heterocycles. The predicted molar refractivity (Wildman–Crippen MR) is 91.5 cm³/mol. The van der Waals surface area contributed by atoms with E-state index in [0.717, 1.165) is 17.7 Å². The van der Waals surface area contributed by atoms with Crippen molar-refractivity contribution in [2.75, 3.05) is 0 Å². The quantitative estimate of drug-likeness (QED) is 0.517. The monoisotopic (exact) mass is 306 g/mol. The molecule has 1 heterocycles. The van der Waals surface area contributed by atoms with E-state index in [-0.39, 0.29) is 10.6 Å². The second-order valence-corrected chi connectivity index (χ2v) is 5.69. The van der Waals surface area contributed by atoms with Crippen molar-refractivity contribution in [1.29, 1.82) is 0 Å². The fourth-order valence-electron chi connectivity index (χ4n) is 2.95. The summed E-state index contributed by atoms with van der Waals surface area (Å²) in [7, 11) is 0. The minimum atomic E-state index is -0.371. The zero-order chi connectivity index (χ0) is 16.4. The van der Waals surface area contributed by atoms with Crippen LogP contribution >= 0.6 is 0 Å². The molecule has 0 N–H and O–H groups in total. The van der Waals surface area contributed by atoms with Gasteiger partial charge in [0.15, 0.2) is 0 Å². The average molecular weight is 306 g/mol. The Morgan fingerprint density at radius 1 is 1.00 bits per heavy atom. The molecule has 3 aromatic rings. The van der Waals surface area contributed by atoms with Gasteiger partial charge in [-0.1, -0.05) is 30.3 Å². The van der Waals surface area contributed by atoms with Gasteiger partial charge in [0, 0.05) is 36.1 Å². The molecule has 2 aromatic carbocycles. The SMILES string of the molecule is Cc1cn(Cc2ccccc2)c(C)c1-c1ccc([N+](=O)[O-])cc1. The number of nitrogens with zero attached hydrogens (tertiary/aromatic N) is 2. The van der Waals surface area contributed by atoms with Crippen LogP contribution in [0, 0.1) is 24.0 Å². The second kappa shape index (κ2) is 6.08. The molecule has 0 aliphatic carbocycles. The maximum Gasteiger partial charge on any atom is 0.269 e. The lowest BCUT2D eigenvalue weighted by Crippen LogP contribution is -2.00. The minimum Gasteiger partial charge on any atom is -0.346 e. The van der Waals surface area contributed by atoms with Crippen LogP contribution in [0.15, 0.2) is 60.8 Å². The van der Waals surface area contributed by atoms with Crippen molar-refractivity contribution in [3.63, 3.8) is 0 Å².